The van der Waals surface area contributed by atoms with Crippen LogP contribution in [0, 0.1) is 5.92 Å². The monoisotopic (exact) mass is 338 g/mol. The van der Waals surface area contributed by atoms with E-state index in [2.05, 4.69) is 37.9 Å². The molecule has 3 atom stereocenters. The zero-order valence-corrected chi connectivity index (χ0v) is 13.4. The zero-order valence-electron chi connectivity index (χ0n) is 11.8. The molecule has 1 N–H and O–H groups in total. The first-order chi connectivity index (χ1) is 9.74. The summed E-state index contributed by atoms with van der Waals surface area (Å²) in [6.45, 7) is 2.06. The quantitative estimate of drug-likeness (QED) is 0.917. The van der Waals surface area contributed by atoms with Crippen molar-refractivity contribution in [1.82, 2.24) is 9.88 Å². The Morgan fingerprint density at radius 1 is 1.20 bits per heavy atom. The number of likely N-dealkylation sites (tertiary alicyclic amines) is 1. The minimum atomic E-state index is -0.0905. The van der Waals surface area contributed by atoms with Crippen LogP contribution < -0.4 is 0 Å². The third kappa shape index (κ3) is 3.23. The van der Waals surface area contributed by atoms with Gasteiger partial charge in [-0.05, 0) is 60.3 Å². The van der Waals surface area contributed by atoms with Crippen molar-refractivity contribution < 1.29 is 5.11 Å². The molecule has 1 saturated carbocycles. The molecule has 0 bridgehead atoms. The van der Waals surface area contributed by atoms with E-state index in [0.29, 0.717) is 12.0 Å². The second-order valence-electron chi connectivity index (χ2n) is 6.16. The summed E-state index contributed by atoms with van der Waals surface area (Å²) in [5.41, 5.74) is 1.13. The van der Waals surface area contributed by atoms with Crippen molar-refractivity contribution in [2.24, 2.45) is 5.92 Å². The molecule has 2 aliphatic rings. The summed E-state index contributed by atoms with van der Waals surface area (Å²) in [6, 6.07) is 4.70. The van der Waals surface area contributed by atoms with Crippen LogP contribution in [0.2, 0.25) is 0 Å². The van der Waals surface area contributed by atoms with Gasteiger partial charge in [0.15, 0.2) is 0 Å². The molecular weight excluding hydrogens is 316 g/mol. The highest BCUT2D eigenvalue weighted by atomic mass is 79.9. The number of pyridine rings is 1. The van der Waals surface area contributed by atoms with Crippen LogP contribution in [-0.2, 0) is 6.54 Å². The fourth-order valence-corrected chi connectivity index (χ4v) is 4.06. The Labute approximate surface area is 129 Å². The van der Waals surface area contributed by atoms with E-state index >= 15 is 0 Å². The predicted molar refractivity (Wildman–Crippen MR) is 83.3 cm³/mol. The first-order valence-corrected chi connectivity index (χ1v) is 8.56. The van der Waals surface area contributed by atoms with Crippen LogP contribution in [0.4, 0.5) is 0 Å². The topological polar surface area (TPSA) is 36.4 Å². The molecule has 1 aliphatic carbocycles. The van der Waals surface area contributed by atoms with E-state index in [4.69, 9.17) is 0 Å². The number of halogens is 1. The Kier molecular flexibility index (Phi) is 4.74. The minimum absolute atomic E-state index is 0.0905. The second kappa shape index (κ2) is 6.54. The predicted octanol–water partition coefficient (Wildman–Crippen LogP) is 3.36. The molecule has 1 saturated heterocycles. The van der Waals surface area contributed by atoms with E-state index in [1.807, 2.05) is 6.20 Å². The maximum Gasteiger partial charge on any atom is 0.0583 e. The van der Waals surface area contributed by atoms with Crippen molar-refractivity contribution in [2.45, 2.75) is 57.2 Å². The lowest BCUT2D eigenvalue weighted by molar-refractivity contribution is 0.0199. The summed E-state index contributed by atoms with van der Waals surface area (Å²) in [4.78, 5) is 7.03. The molecule has 1 aliphatic heterocycles. The number of hydrogen-bond acceptors (Lipinski definition) is 3. The number of aliphatic hydroxyl groups excluding tert-OH is 1. The number of hydrogen-bond donors (Lipinski definition) is 1. The molecule has 0 spiro atoms. The molecule has 20 heavy (non-hydrogen) atoms. The van der Waals surface area contributed by atoms with E-state index < -0.39 is 0 Å². The van der Waals surface area contributed by atoms with Gasteiger partial charge < -0.3 is 5.11 Å². The Balaban J connectivity index is 1.67. The standard InChI is InChI=1S/C16H23BrN2O/c17-12-7-8-13(18-10-12)11-19-9-3-5-15(19)14-4-1-2-6-16(14)20/h7-8,10,14-16,20H,1-6,9,11H2. The second-order valence-corrected chi connectivity index (χ2v) is 7.08. The van der Waals surface area contributed by atoms with Crippen LogP contribution in [0.25, 0.3) is 0 Å². The maximum absolute atomic E-state index is 10.3. The number of aliphatic hydroxyl groups is 1. The average molecular weight is 339 g/mol. The summed E-state index contributed by atoms with van der Waals surface area (Å²) < 4.78 is 1.03. The number of aromatic nitrogens is 1. The summed E-state index contributed by atoms with van der Waals surface area (Å²) in [6.07, 6.45) is 8.92. The van der Waals surface area contributed by atoms with Gasteiger partial charge in [-0.1, -0.05) is 12.8 Å². The minimum Gasteiger partial charge on any atom is -0.393 e. The Hall–Kier alpha value is -0.450. The lowest BCUT2D eigenvalue weighted by Crippen LogP contribution is -2.42. The van der Waals surface area contributed by atoms with Crippen LogP contribution in [0.15, 0.2) is 22.8 Å². The fourth-order valence-electron chi connectivity index (χ4n) is 3.83. The normalized spacial score (nSPS) is 31.6. The summed E-state index contributed by atoms with van der Waals surface area (Å²) in [5, 5.41) is 10.3. The van der Waals surface area contributed by atoms with Crippen LogP contribution in [-0.4, -0.2) is 33.7 Å². The van der Waals surface area contributed by atoms with E-state index in [1.54, 1.807) is 0 Å². The molecule has 2 heterocycles. The van der Waals surface area contributed by atoms with Crippen molar-refractivity contribution >= 4 is 15.9 Å². The van der Waals surface area contributed by atoms with Gasteiger partial charge in [0.1, 0.15) is 0 Å². The summed E-state index contributed by atoms with van der Waals surface area (Å²) in [5.74, 6) is 0.474. The Bertz CT molecular complexity index is 437. The smallest absolute Gasteiger partial charge is 0.0583 e. The third-order valence-corrected chi connectivity index (χ3v) is 5.31. The van der Waals surface area contributed by atoms with Crippen LogP contribution >= 0.6 is 15.9 Å². The molecular formula is C16H23BrN2O. The van der Waals surface area contributed by atoms with Gasteiger partial charge in [-0.25, -0.2) is 0 Å². The van der Waals surface area contributed by atoms with Crippen LogP contribution in [0.3, 0.4) is 0 Å². The van der Waals surface area contributed by atoms with Crippen LogP contribution in [0.5, 0.6) is 0 Å². The van der Waals surface area contributed by atoms with Gasteiger partial charge in [-0.3, -0.25) is 9.88 Å². The van der Waals surface area contributed by atoms with Gasteiger partial charge in [0.25, 0.3) is 0 Å². The van der Waals surface area contributed by atoms with Gasteiger partial charge in [-0.15, -0.1) is 0 Å². The van der Waals surface area contributed by atoms with E-state index in [1.165, 1.54) is 32.1 Å². The zero-order chi connectivity index (χ0) is 13.9. The molecule has 0 aromatic carbocycles. The third-order valence-electron chi connectivity index (χ3n) is 4.84. The van der Waals surface area contributed by atoms with Gasteiger partial charge in [0, 0.05) is 29.2 Å². The Morgan fingerprint density at radius 3 is 2.80 bits per heavy atom. The molecule has 4 heteroatoms. The SMILES string of the molecule is OC1CCCCC1C1CCCN1Cc1ccc(Br)cn1. The molecule has 0 amide bonds. The van der Waals surface area contributed by atoms with E-state index in [0.717, 1.165) is 29.7 Å². The van der Waals surface area contributed by atoms with Gasteiger partial charge >= 0.3 is 0 Å². The molecule has 3 rings (SSSR count). The first kappa shape index (κ1) is 14.5. The summed E-state index contributed by atoms with van der Waals surface area (Å²) in [7, 11) is 0. The van der Waals surface area contributed by atoms with Crippen LogP contribution in [0.1, 0.15) is 44.2 Å². The number of nitrogens with zero attached hydrogens (tertiary/aromatic N) is 2. The molecule has 110 valence electrons. The lowest BCUT2D eigenvalue weighted by atomic mass is 9.80. The average Bonchev–Trinajstić information content (AvgIpc) is 2.90. The summed E-state index contributed by atoms with van der Waals surface area (Å²) >= 11 is 3.43. The molecule has 3 nitrogen and oxygen atoms in total. The molecule has 2 fully saturated rings. The lowest BCUT2D eigenvalue weighted by Gasteiger charge is -2.37. The highest BCUT2D eigenvalue weighted by Crippen LogP contribution is 2.35. The van der Waals surface area contributed by atoms with Crippen molar-refractivity contribution in [3.8, 4) is 0 Å². The largest absolute Gasteiger partial charge is 0.393 e. The van der Waals surface area contributed by atoms with Gasteiger partial charge in [0.2, 0.25) is 0 Å². The maximum atomic E-state index is 10.3. The van der Waals surface area contributed by atoms with Gasteiger partial charge in [-0.2, -0.15) is 0 Å². The van der Waals surface area contributed by atoms with Crippen molar-refractivity contribution in [3.05, 3.63) is 28.5 Å². The Morgan fingerprint density at radius 2 is 2.05 bits per heavy atom. The van der Waals surface area contributed by atoms with E-state index in [9.17, 15) is 5.11 Å². The first-order valence-electron chi connectivity index (χ1n) is 7.76. The molecule has 1 aromatic heterocycles. The highest BCUT2D eigenvalue weighted by Gasteiger charge is 2.36. The van der Waals surface area contributed by atoms with Gasteiger partial charge in [0.05, 0.1) is 11.8 Å². The van der Waals surface area contributed by atoms with E-state index in [-0.39, 0.29) is 6.10 Å². The number of rotatable bonds is 3. The molecule has 1 aromatic rings. The highest BCUT2D eigenvalue weighted by molar-refractivity contribution is 9.10. The fraction of sp³-hybridized carbons (Fsp3) is 0.688. The van der Waals surface area contributed by atoms with Crippen molar-refractivity contribution in [1.29, 1.82) is 0 Å². The molecule has 3 unspecified atom stereocenters. The molecule has 0 radical (unpaired) electrons. The van der Waals surface area contributed by atoms with Crippen molar-refractivity contribution in [3.63, 3.8) is 0 Å². The van der Waals surface area contributed by atoms with Crippen molar-refractivity contribution in [2.75, 3.05) is 6.54 Å².